The van der Waals surface area contributed by atoms with Crippen LogP contribution in [0.1, 0.15) is 33.7 Å². The Morgan fingerprint density at radius 2 is 2.05 bits per heavy atom. The zero-order valence-corrected chi connectivity index (χ0v) is 9.26. The maximum Gasteiger partial charge on any atom is 0.418 e. The fraction of sp³-hybridized carbons (Fsp3) is 0.300. The number of carbonyl (C=O) groups excluding carboxylic acids is 1. The highest BCUT2D eigenvalue weighted by Gasteiger charge is 2.38. The Kier molecular flexibility index (Phi) is 4.04. The monoisotopic (exact) mass is 280 g/mol. The molecule has 0 amide bonds. The minimum Gasteiger partial charge on any atom is -0.464 e. The van der Waals surface area contributed by atoms with Gasteiger partial charge in [-0.25, -0.2) is 18.6 Å². The summed E-state index contributed by atoms with van der Waals surface area (Å²) in [7, 11) is 0.880. The van der Waals surface area contributed by atoms with E-state index in [0.29, 0.717) is 0 Å². The molecule has 0 unspecified atom stereocenters. The molecule has 19 heavy (non-hydrogen) atoms. The molecule has 0 aliphatic carbocycles. The number of nitrogens with zero attached hydrogens (tertiary/aromatic N) is 2. The number of aromatic nitrogens is 1. The van der Waals surface area contributed by atoms with E-state index in [2.05, 4.69) is 9.72 Å². The maximum atomic E-state index is 12.5. The van der Waals surface area contributed by atoms with Crippen molar-refractivity contribution in [3.8, 4) is 6.07 Å². The SMILES string of the molecule is COC(=O)c1nc(C(F)F)c(C(F)(F)F)cc1C#N. The van der Waals surface area contributed by atoms with Gasteiger partial charge in [-0.05, 0) is 6.07 Å². The molecule has 0 spiro atoms. The summed E-state index contributed by atoms with van der Waals surface area (Å²) < 4.78 is 66.9. The van der Waals surface area contributed by atoms with Gasteiger partial charge in [-0.15, -0.1) is 0 Å². The molecule has 0 aromatic carbocycles. The summed E-state index contributed by atoms with van der Waals surface area (Å²) in [4.78, 5) is 14.1. The van der Waals surface area contributed by atoms with E-state index in [1.54, 1.807) is 0 Å². The number of methoxy groups -OCH3 is 1. The number of nitriles is 1. The molecule has 1 heterocycles. The van der Waals surface area contributed by atoms with Crippen LogP contribution in [-0.4, -0.2) is 18.1 Å². The zero-order valence-electron chi connectivity index (χ0n) is 9.26. The van der Waals surface area contributed by atoms with Crippen LogP contribution in [0.25, 0.3) is 0 Å². The minimum absolute atomic E-state index is 0.154. The molecule has 0 aliphatic heterocycles. The average Bonchev–Trinajstić information content (AvgIpc) is 2.34. The van der Waals surface area contributed by atoms with E-state index in [0.717, 1.165) is 7.11 Å². The lowest BCUT2D eigenvalue weighted by molar-refractivity contribution is -0.140. The highest BCUT2D eigenvalue weighted by molar-refractivity contribution is 5.90. The van der Waals surface area contributed by atoms with E-state index in [4.69, 9.17) is 5.26 Å². The molecule has 1 rings (SSSR count). The summed E-state index contributed by atoms with van der Waals surface area (Å²) in [6.45, 7) is 0. The molecular formula is C10H5F5N2O2. The molecule has 1 aromatic heterocycles. The quantitative estimate of drug-likeness (QED) is 0.617. The molecule has 9 heteroatoms. The van der Waals surface area contributed by atoms with Crippen LogP contribution in [0, 0.1) is 11.3 Å². The molecule has 1 aromatic rings. The number of hydrogen-bond donors (Lipinski definition) is 0. The largest absolute Gasteiger partial charge is 0.464 e. The summed E-state index contributed by atoms with van der Waals surface area (Å²) in [6, 6.07) is 1.43. The van der Waals surface area contributed by atoms with E-state index >= 15 is 0 Å². The highest BCUT2D eigenvalue weighted by atomic mass is 19.4. The lowest BCUT2D eigenvalue weighted by atomic mass is 10.1. The topological polar surface area (TPSA) is 63.0 Å². The number of ether oxygens (including phenoxy) is 1. The lowest BCUT2D eigenvalue weighted by Crippen LogP contribution is -2.16. The number of alkyl halides is 5. The molecule has 0 radical (unpaired) electrons. The molecule has 0 saturated carbocycles. The first-order chi connectivity index (χ1) is 8.72. The van der Waals surface area contributed by atoms with E-state index in [1.807, 2.05) is 0 Å². The number of hydrogen-bond acceptors (Lipinski definition) is 4. The Morgan fingerprint density at radius 1 is 1.47 bits per heavy atom. The molecule has 0 saturated heterocycles. The third-order valence-electron chi connectivity index (χ3n) is 2.06. The van der Waals surface area contributed by atoms with Crippen LogP contribution in [0.2, 0.25) is 0 Å². The van der Waals surface area contributed by atoms with Gasteiger partial charge in [-0.2, -0.15) is 18.4 Å². The second-order valence-corrected chi connectivity index (χ2v) is 3.22. The smallest absolute Gasteiger partial charge is 0.418 e. The van der Waals surface area contributed by atoms with Gasteiger partial charge in [0.05, 0.1) is 18.2 Å². The molecule has 102 valence electrons. The third kappa shape index (κ3) is 2.96. The Bertz CT molecular complexity index is 548. The molecule has 0 aliphatic rings. The van der Waals surface area contributed by atoms with Gasteiger partial charge in [0, 0.05) is 0 Å². The zero-order chi connectivity index (χ0) is 14.8. The van der Waals surface area contributed by atoms with E-state index in [-0.39, 0.29) is 6.07 Å². The van der Waals surface area contributed by atoms with Crippen molar-refractivity contribution in [3.63, 3.8) is 0 Å². The van der Waals surface area contributed by atoms with Crippen molar-refractivity contribution in [1.82, 2.24) is 4.98 Å². The van der Waals surface area contributed by atoms with Crippen LogP contribution in [0.15, 0.2) is 6.07 Å². The minimum atomic E-state index is -5.11. The number of esters is 1. The molecule has 0 atom stereocenters. The van der Waals surface area contributed by atoms with Gasteiger partial charge in [0.15, 0.2) is 5.69 Å². The fourth-order valence-corrected chi connectivity index (χ4v) is 1.26. The van der Waals surface area contributed by atoms with Crippen molar-refractivity contribution in [2.75, 3.05) is 7.11 Å². The highest BCUT2D eigenvalue weighted by Crippen LogP contribution is 2.36. The Morgan fingerprint density at radius 3 is 2.42 bits per heavy atom. The standard InChI is InChI=1S/C10H5F5N2O2/c1-19-9(18)6-4(3-16)2-5(10(13,14)15)7(17-6)8(11)12/h2,8H,1H3. The third-order valence-corrected chi connectivity index (χ3v) is 2.06. The van der Waals surface area contributed by atoms with Crippen molar-refractivity contribution < 1.29 is 31.5 Å². The van der Waals surface area contributed by atoms with Crippen LogP contribution < -0.4 is 0 Å². The van der Waals surface area contributed by atoms with Gasteiger partial charge in [0.2, 0.25) is 0 Å². The number of pyridine rings is 1. The summed E-state index contributed by atoms with van der Waals surface area (Å²) in [5.41, 5.74) is -5.05. The number of halogens is 5. The van der Waals surface area contributed by atoms with Crippen LogP contribution in [-0.2, 0) is 10.9 Å². The second kappa shape index (κ2) is 5.17. The van der Waals surface area contributed by atoms with Gasteiger partial charge in [0.25, 0.3) is 6.43 Å². The van der Waals surface area contributed by atoms with Crippen LogP contribution in [0.4, 0.5) is 22.0 Å². The Labute approximate surface area is 103 Å². The number of carbonyl (C=O) groups is 1. The predicted octanol–water partition coefficient (Wildman–Crippen LogP) is 2.70. The summed E-state index contributed by atoms with van der Waals surface area (Å²) in [5.74, 6) is -1.27. The van der Waals surface area contributed by atoms with Crippen molar-refractivity contribution in [3.05, 3.63) is 28.6 Å². The lowest BCUT2D eigenvalue weighted by Gasteiger charge is -2.13. The van der Waals surface area contributed by atoms with Gasteiger partial charge in [-0.3, -0.25) is 0 Å². The van der Waals surface area contributed by atoms with Gasteiger partial charge in [0.1, 0.15) is 11.8 Å². The second-order valence-electron chi connectivity index (χ2n) is 3.22. The fourth-order valence-electron chi connectivity index (χ4n) is 1.26. The van der Waals surface area contributed by atoms with Gasteiger partial charge >= 0.3 is 12.1 Å². The molecule has 0 fully saturated rings. The Balaban J connectivity index is 3.62. The molecular weight excluding hydrogens is 275 g/mol. The van der Waals surface area contributed by atoms with Crippen molar-refractivity contribution >= 4 is 5.97 Å². The summed E-state index contributed by atoms with van der Waals surface area (Å²) in [5, 5.41) is 8.63. The van der Waals surface area contributed by atoms with Gasteiger partial charge < -0.3 is 4.74 Å². The molecule has 0 bridgehead atoms. The Hall–Kier alpha value is -2.24. The van der Waals surface area contributed by atoms with Crippen LogP contribution in [0.5, 0.6) is 0 Å². The van der Waals surface area contributed by atoms with Crippen LogP contribution in [0.3, 0.4) is 0 Å². The molecule has 4 nitrogen and oxygen atoms in total. The van der Waals surface area contributed by atoms with E-state index in [1.165, 1.54) is 6.07 Å². The first-order valence-corrected chi connectivity index (χ1v) is 4.61. The van der Waals surface area contributed by atoms with Crippen molar-refractivity contribution in [2.24, 2.45) is 0 Å². The first-order valence-electron chi connectivity index (χ1n) is 4.61. The number of rotatable bonds is 2. The van der Waals surface area contributed by atoms with Crippen LogP contribution >= 0.6 is 0 Å². The maximum absolute atomic E-state index is 12.5. The van der Waals surface area contributed by atoms with Crippen molar-refractivity contribution in [1.29, 1.82) is 5.26 Å². The predicted molar refractivity (Wildman–Crippen MR) is 50.3 cm³/mol. The van der Waals surface area contributed by atoms with Gasteiger partial charge in [-0.1, -0.05) is 0 Å². The van der Waals surface area contributed by atoms with E-state index < -0.39 is 41.1 Å². The summed E-state index contributed by atoms with van der Waals surface area (Å²) >= 11 is 0. The first kappa shape index (κ1) is 14.8. The van der Waals surface area contributed by atoms with Crippen molar-refractivity contribution in [2.45, 2.75) is 12.6 Å². The normalized spacial score (nSPS) is 11.3. The average molecular weight is 280 g/mol. The summed E-state index contributed by atoms with van der Waals surface area (Å²) in [6.07, 6.45) is -8.66. The van der Waals surface area contributed by atoms with E-state index in [9.17, 15) is 26.7 Å². The molecule has 0 N–H and O–H groups in total.